The molecule has 0 amide bonds. The van der Waals surface area contributed by atoms with Gasteiger partial charge in [-0.2, -0.15) is 0 Å². The van der Waals surface area contributed by atoms with Crippen LogP contribution < -0.4 is 9.57 Å². The normalized spacial score (nSPS) is 20.0. The number of rotatable bonds is 2. The van der Waals surface area contributed by atoms with E-state index in [2.05, 4.69) is 36.4 Å². The second-order valence-electron chi connectivity index (χ2n) is 8.46. The van der Waals surface area contributed by atoms with E-state index >= 15 is 0 Å². The topological polar surface area (TPSA) is 30.9 Å². The molecule has 3 heterocycles. The van der Waals surface area contributed by atoms with E-state index < -0.39 is 0 Å². The van der Waals surface area contributed by atoms with E-state index in [9.17, 15) is 4.39 Å². The van der Waals surface area contributed by atoms with Gasteiger partial charge in [-0.15, -0.1) is 5.06 Å². The van der Waals surface area contributed by atoms with Gasteiger partial charge in [-0.25, -0.2) is 4.39 Å². The summed E-state index contributed by atoms with van der Waals surface area (Å²) in [7, 11) is 0. The SMILES string of the molecule is Fc1cc2c(c(ON3CCC4(CC3)OCc3c4ccc4ccccc34)c1)OCCC2. The Labute approximate surface area is 175 Å². The molecule has 0 aliphatic carbocycles. The first-order valence-corrected chi connectivity index (χ1v) is 10.8. The largest absolute Gasteiger partial charge is 0.489 e. The van der Waals surface area contributed by atoms with Crippen molar-refractivity contribution < 1.29 is 18.7 Å². The number of hydroxylamine groups is 2. The fraction of sp³-hybridized carbons (Fsp3) is 0.360. The zero-order chi connectivity index (χ0) is 20.1. The first kappa shape index (κ1) is 18.2. The number of ether oxygens (including phenoxy) is 2. The highest BCUT2D eigenvalue weighted by atomic mass is 19.1. The molecular weight excluding hydrogens is 381 g/mol. The predicted molar refractivity (Wildman–Crippen MR) is 112 cm³/mol. The number of hydrogen-bond acceptors (Lipinski definition) is 4. The third kappa shape index (κ3) is 2.88. The molecule has 4 nitrogen and oxygen atoms in total. The fourth-order valence-corrected chi connectivity index (χ4v) is 5.17. The molecule has 0 saturated carbocycles. The minimum atomic E-state index is -0.275. The van der Waals surface area contributed by atoms with Crippen LogP contribution in [0.1, 0.15) is 36.0 Å². The minimum absolute atomic E-state index is 0.253. The van der Waals surface area contributed by atoms with Crippen molar-refractivity contribution in [1.29, 1.82) is 0 Å². The number of fused-ring (bicyclic) bond motifs is 5. The minimum Gasteiger partial charge on any atom is -0.489 e. The van der Waals surface area contributed by atoms with Gasteiger partial charge in [-0.3, -0.25) is 0 Å². The van der Waals surface area contributed by atoms with Crippen LogP contribution in [0.2, 0.25) is 0 Å². The van der Waals surface area contributed by atoms with Crippen LogP contribution in [0.25, 0.3) is 10.8 Å². The van der Waals surface area contributed by atoms with Crippen molar-refractivity contribution in [3.05, 3.63) is 71.0 Å². The Balaban J connectivity index is 1.23. The maximum absolute atomic E-state index is 14.1. The van der Waals surface area contributed by atoms with Crippen LogP contribution in [-0.2, 0) is 23.4 Å². The number of hydrogen-bond donors (Lipinski definition) is 0. The average Bonchev–Trinajstić information content (AvgIpc) is 3.14. The lowest BCUT2D eigenvalue weighted by molar-refractivity contribution is -0.146. The van der Waals surface area contributed by atoms with Crippen molar-refractivity contribution in [3.8, 4) is 11.5 Å². The van der Waals surface area contributed by atoms with Crippen molar-refractivity contribution >= 4 is 10.8 Å². The summed E-state index contributed by atoms with van der Waals surface area (Å²) in [6.45, 7) is 2.74. The van der Waals surface area contributed by atoms with E-state index in [1.165, 1.54) is 28.0 Å². The standard InChI is InChI=1S/C25H24FNO3/c26-19-14-18-5-3-13-28-24(18)23(15-19)30-27-11-9-25(10-12-27)22-8-7-17-4-1-2-6-20(17)21(22)16-29-25/h1-2,4,6-8,14-15H,3,5,9-13,16H2. The predicted octanol–water partition coefficient (Wildman–Crippen LogP) is 5.12. The van der Waals surface area contributed by atoms with Gasteiger partial charge < -0.3 is 14.3 Å². The Kier molecular flexibility index (Phi) is 4.22. The first-order chi connectivity index (χ1) is 14.7. The summed E-state index contributed by atoms with van der Waals surface area (Å²) < 4.78 is 26.3. The molecule has 6 rings (SSSR count). The average molecular weight is 405 g/mol. The third-order valence-electron chi connectivity index (χ3n) is 6.72. The molecule has 3 aliphatic heterocycles. The summed E-state index contributed by atoms with van der Waals surface area (Å²) in [5.41, 5.74) is 3.27. The number of nitrogens with zero attached hydrogens (tertiary/aromatic N) is 1. The molecule has 1 fully saturated rings. The molecular formula is C25H24FNO3. The van der Waals surface area contributed by atoms with Crippen molar-refractivity contribution in [2.24, 2.45) is 0 Å². The van der Waals surface area contributed by atoms with E-state index in [4.69, 9.17) is 14.3 Å². The van der Waals surface area contributed by atoms with Crippen LogP contribution in [0.4, 0.5) is 4.39 Å². The monoisotopic (exact) mass is 405 g/mol. The van der Waals surface area contributed by atoms with Crippen molar-refractivity contribution in [1.82, 2.24) is 5.06 Å². The second kappa shape index (κ2) is 6.96. The van der Waals surface area contributed by atoms with E-state index in [0.29, 0.717) is 24.7 Å². The van der Waals surface area contributed by atoms with Gasteiger partial charge >= 0.3 is 0 Å². The zero-order valence-electron chi connectivity index (χ0n) is 16.8. The summed E-state index contributed by atoms with van der Waals surface area (Å²) >= 11 is 0. The Morgan fingerprint density at radius 2 is 1.90 bits per heavy atom. The van der Waals surface area contributed by atoms with Crippen LogP contribution in [0.15, 0.2) is 48.5 Å². The van der Waals surface area contributed by atoms with Gasteiger partial charge in [0, 0.05) is 24.7 Å². The van der Waals surface area contributed by atoms with E-state index in [1.807, 2.05) is 5.06 Å². The Morgan fingerprint density at radius 3 is 2.80 bits per heavy atom. The van der Waals surface area contributed by atoms with Gasteiger partial charge in [-0.1, -0.05) is 36.4 Å². The van der Waals surface area contributed by atoms with Crippen LogP contribution in [0, 0.1) is 5.82 Å². The quantitative estimate of drug-likeness (QED) is 0.592. The Bertz CT molecular complexity index is 1120. The number of piperidine rings is 1. The van der Waals surface area contributed by atoms with Crippen LogP contribution in [0.5, 0.6) is 11.5 Å². The molecule has 0 bridgehead atoms. The molecule has 3 aromatic rings. The first-order valence-electron chi connectivity index (χ1n) is 10.8. The smallest absolute Gasteiger partial charge is 0.192 e. The summed E-state index contributed by atoms with van der Waals surface area (Å²) in [5.74, 6) is 0.902. The van der Waals surface area contributed by atoms with Crippen LogP contribution >= 0.6 is 0 Å². The van der Waals surface area contributed by atoms with Crippen LogP contribution in [-0.4, -0.2) is 24.8 Å². The number of aryl methyl sites for hydroxylation is 1. The molecule has 1 saturated heterocycles. The maximum Gasteiger partial charge on any atom is 0.192 e. The molecule has 0 radical (unpaired) electrons. The molecule has 1 spiro atoms. The van der Waals surface area contributed by atoms with Gasteiger partial charge in [0.15, 0.2) is 11.5 Å². The summed E-state index contributed by atoms with van der Waals surface area (Å²) in [5, 5.41) is 4.46. The highest BCUT2D eigenvalue weighted by Crippen LogP contribution is 2.46. The van der Waals surface area contributed by atoms with Gasteiger partial charge in [0.25, 0.3) is 0 Å². The van der Waals surface area contributed by atoms with Crippen molar-refractivity contribution in [2.75, 3.05) is 19.7 Å². The summed E-state index contributed by atoms with van der Waals surface area (Å²) in [6.07, 6.45) is 3.42. The highest BCUT2D eigenvalue weighted by Gasteiger charge is 2.43. The molecule has 0 aromatic heterocycles. The number of benzene rings is 3. The lowest BCUT2D eigenvalue weighted by atomic mass is 9.83. The lowest BCUT2D eigenvalue weighted by Gasteiger charge is -2.38. The lowest BCUT2D eigenvalue weighted by Crippen LogP contribution is -2.44. The highest BCUT2D eigenvalue weighted by molar-refractivity contribution is 5.87. The van der Waals surface area contributed by atoms with Gasteiger partial charge in [0.1, 0.15) is 5.82 Å². The molecule has 5 heteroatoms. The third-order valence-corrected chi connectivity index (χ3v) is 6.72. The van der Waals surface area contributed by atoms with Crippen molar-refractivity contribution in [3.63, 3.8) is 0 Å². The van der Waals surface area contributed by atoms with Crippen LogP contribution in [0.3, 0.4) is 0 Å². The number of halogens is 1. The molecule has 0 unspecified atom stereocenters. The van der Waals surface area contributed by atoms with E-state index in [-0.39, 0.29) is 11.4 Å². The molecule has 0 N–H and O–H groups in total. The summed E-state index contributed by atoms with van der Waals surface area (Å²) in [6, 6.07) is 15.9. The molecule has 154 valence electrons. The molecule has 3 aliphatic rings. The van der Waals surface area contributed by atoms with E-state index in [0.717, 1.165) is 44.3 Å². The Morgan fingerprint density at radius 1 is 1.03 bits per heavy atom. The van der Waals surface area contributed by atoms with Gasteiger partial charge in [-0.05, 0) is 53.6 Å². The van der Waals surface area contributed by atoms with Crippen molar-refractivity contribution in [2.45, 2.75) is 37.9 Å². The second-order valence-corrected chi connectivity index (χ2v) is 8.46. The zero-order valence-corrected chi connectivity index (χ0v) is 16.8. The van der Waals surface area contributed by atoms with Gasteiger partial charge in [0.05, 0.1) is 18.8 Å². The molecule has 30 heavy (non-hydrogen) atoms. The van der Waals surface area contributed by atoms with E-state index in [1.54, 1.807) is 6.07 Å². The summed E-state index contributed by atoms with van der Waals surface area (Å²) in [4.78, 5) is 6.11. The molecule has 3 aromatic carbocycles. The maximum atomic E-state index is 14.1. The Hall–Kier alpha value is -2.63. The van der Waals surface area contributed by atoms with Gasteiger partial charge in [0.2, 0.25) is 0 Å². The fourth-order valence-electron chi connectivity index (χ4n) is 5.17. The molecule has 0 atom stereocenters.